The molecule has 0 radical (unpaired) electrons. The molecule has 3 heterocycles. The quantitative estimate of drug-likeness (QED) is 0.255. The van der Waals surface area contributed by atoms with Crippen LogP contribution in [0.5, 0.6) is 0 Å². The largest absolute Gasteiger partial charge is 0.361 e. The van der Waals surface area contributed by atoms with Gasteiger partial charge in [0.05, 0.1) is 12.2 Å². The molecule has 1 aliphatic carbocycles. The molecule has 50 heavy (non-hydrogen) atoms. The van der Waals surface area contributed by atoms with Gasteiger partial charge in [-0.1, -0.05) is 49.4 Å². The van der Waals surface area contributed by atoms with Gasteiger partial charge < -0.3 is 30.3 Å². The number of nitrogens with one attached hydrogen (secondary N) is 4. The number of likely N-dealkylation sites (N-methyl/N-ethyl adjacent to an activating group) is 2. The van der Waals surface area contributed by atoms with Crippen molar-refractivity contribution in [1.29, 1.82) is 0 Å². The average molecular weight is 706 g/mol. The molecule has 4 amide bonds. The Morgan fingerprint density at radius 3 is 2.50 bits per heavy atom. The second-order valence-corrected chi connectivity index (χ2v) is 16.3. The Labute approximate surface area is 295 Å². The van der Waals surface area contributed by atoms with Gasteiger partial charge in [0.25, 0.3) is 0 Å². The number of rotatable bonds is 10. The smallest absolute Gasteiger partial charge is 0.318 e. The molecule has 3 unspecified atom stereocenters. The van der Waals surface area contributed by atoms with E-state index in [-0.39, 0.29) is 54.2 Å². The Balaban J connectivity index is 1.19. The highest BCUT2D eigenvalue weighted by atomic mass is 32.2. The molecule has 0 bridgehead atoms. The molecule has 1 aromatic heterocycles. The molecular weight excluding hydrogens is 655 g/mol. The number of carbonyl (C=O) groups is 3. The Morgan fingerprint density at radius 1 is 1.06 bits per heavy atom. The van der Waals surface area contributed by atoms with Crippen LogP contribution < -0.4 is 15.4 Å². The van der Waals surface area contributed by atoms with Crippen LogP contribution in [0.3, 0.4) is 0 Å². The standard InChI is InChI=1S/C37H51N7O5S/c1-25(30-24-39-32-14-8-6-12-28(30)32)33(41-36(47)43(3)26-10-9-17-38-23-26)35(46)44-19-15-37(16-20-44)22-29(27-11-5-7-13-31(27)37)34(45)42(2)21-18-40-50(4,48)49/h5-8,11-14,24-26,29,33,38-40H,9-10,15-23H2,1-4H3,(H,41,47)/t25?,26?,29-,33?/m1/s1. The van der Waals surface area contributed by atoms with E-state index in [2.05, 4.69) is 26.4 Å². The zero-order chi connectivity index (χ0) is 35.6. The van der Waals surface area contributed by atoms with Crippen LogP contribution in [0.4, 0.5) is 4.79 Å². The summed E-state index contributed by atoms with van der Waals surface area (Å²) in [5.74, 6) is -0.761. The minimum atomic E-state index is -3.35. The number of aromatic amines is 1. The molecule has 6 rings (SSSR count). The Morgan fingerprint density at radius 2 is 1.78 bits per heavy atom. The second-order valence-electron chi connectivity index (χ2n) is 14.5. The monoisotopic (exact) mass is 705 g/mol. The molecule has 2 aliphatic heterocycles. The van der Waals surface area contributed by atoms with Gasteiger partial charge in [0.15, 0.2) is 0 Å². The van der Waals surface area contributed by atoms with E-state index in [9.17, 15) is 22.8 Å². The summed E-state index contributed by atoms with van der Waals surface area (Å²) in [5, 5.41) is 7.57. The molecule has 2 fully saturated rings. The number of nitrogens with zero attached hydrogens (tertiary/aromatic N) is 3. The molecule has 0 saturated carbocycles. The molecule has 4 atom stereocenters. The van der Waals surface area contributed by atoms with Gasteiger partial charge in [0, 0.05) is 81.3 Å². The number of H-pyrrole nitrogens is 1. The summed E-state index contributed by atoms with van der Waals surface area (Å²) in [5.41, 5.74) is 3.89. The first-order chi connectivity index (χ1) is 23.9. The highest BCUT2D eigenvalue weighted by molar-refractivity contribution is 7.88. The Kier molecular flexibility index (Phi) is 10.6. The van der Waals surface area contributed by atoms with E-state index in [0.29, 0.717) is 32.4 Å². The zero-order valence-electron chi connectivity index (χ0n) is 29.6. The highest BCUT2D eigenvalue weighted by Crippen LogP contribution is 2.52. The van der Waals surface area contributed by atoms with Gasteiger partial charge in [-0.2, -0.15) is 0 Å². The second kappa shape index (κ2) is 14.7. The summed E-state index contributed by atoms with van der Waals surface area (Å²) in [6.45, 7) is 5.13. The lowest BCUT2D eigenvalue weighted by Crippen LogP contribution is -2.58. The number of para-hydroxylation sites is 1. The van der Waals surface area contributed by atoms with Crippen LogP contribution in [0.2, 0.25) is 0 Å². The van der Waals surface area contributed by atoms with Crippen molar-refractivity contribution in [3.63, 3.8) is 0 Å². The van der Waals surface area contributed by atoms with Gasteiger partial charge in [0.1, 0.15) is 6.04 Å². The van der Waals surface area contributed by atoms with Crippen LogP contribution >= 0.6 is 0 Å². The third kappa shape index (κ3) is 7.40. The summed E-state index contributed by atoms with van der Waals surface area (Å²) >= 11 is 0. The SMILES string of the molecule is CC(c1c[nH]c2ccccc12)C(NC(=O)N(C)C1CCCNC1)C(=O)N1CCC2(CC1)C[C@@H](C(=O)N(C)CCNS(C)(=O)=O)c1ccccc12. The van der Waals surface area contributed by atoms with Crippen LogP contribution in [-0.4, -0.2) is 118 Å². The lowest BCUT2D eigenvalue weighted by Gasteiger charge is -2.42. The van der Waals surface area contributed by atoms with E-state index < -0.39 is 16.1 Å². The lowest BCUT2D eigenvalue weighted by atomic mass is 9.73. The number of carbonyl (C=O) groups excluding carboxylic acids is 3. The molecular formula is C37H51N7O5S. The van der Waals surface area contributed by atoms with Crippen molar-refractivity contribution in [3.8, 4) is 0 Å². The maximum atomic E-state index is 14.5. The highest BCUT2D eigenvalue weighted by Gasteiger charge is 2.49. The minimum absolute atomic E-state index is 0.0317. The summed E-state index contributed by atoms with van der Waals surface area (Å²) in [4.78, 5) is 50.6. The van der Waals surface area contributed by atoms with Crippen molar-refractivity contribution in [2.75, 3.05) is 59.6 Å². The van der Waals surface area contributed by atoms with Crippen molar-refractivity contribution in [3.05, 3.63) is 71.4 Å². The fraction of sp³-hybridized carbons (Fsp3) is 0.541. The maximum Gasteiger partial charge on any atom is 0.318 e. The average Bonchev–Trinajstić information content (AvgIpc) is 3.69. The predicted molar refractivity (Wildman–Crippen MR) is 194 cm³/mol. The van der Waals surface area contributed by atoms with Gasteiger partial charge in [-0.25, -0.2) is 17.9 Å². The number of urea groups is 1. The first-order valence-electron chi connectivity index (χ1n) is 17.8. The normalized spacial score (nSPS) is 21.4. The first kappa shape index (κ1) is 35.9. The van der Waals surface area contributed by atoms with E-state index in [0.717, 1.165) is 59.8 Å². The molecule has 1 spiro atoms. The van der Waals surface area contributed by atoms with E-state index in [4.69, 9.17) is 0 Å². The van der Waals surface area contributed by atoms with Gasteiger partial charge in [-0.3, -0.25) is 9.59 Å². The van der Waals surface area contributed by atoms with E-state index in [1.807, 2.05) is 67.5 Å². The molecule has 2 aromatic carbocycles. The number of hydrogen-bond acceptors (Lipinski definition) is 6. The van der Waals surface area contributed by atoms with Gasteiger partial charge in [-0.05, 0) is 61.4 Å². The Hall–Kier alpha value is -3.94. The number of aromatic nitrogens is 1. The summed E-state index contributed by atoms with van der Waals surface area (Å²) in [7, 11) is 0.176. The Bertz CT molecular complexity index is 1810. The number of amides is 4. The number of piperidine rings is 2. The summed E-state index contributed by atoms with van der Waals surface area (Å²) in [6.07, 6.45) is 7.02. The van der Waals surface area contributed by atoms with Crippen LogP contribution in [-0.2, 0) is 25.0 Å². The summed E-state index contributed by atoms with van der Waals surface area (Å²) < 4.78 is 25.6. The van der Waals surface area contributed by atoms with Gasteiger partial charge >= 0.3 is 6.03 Å². The van der Waals surface area contributed by atoms with Crippen LogP contribution in [0.1, 0.15) is 67.6 Å². The van der Waals surface area contributed by atoms with Crippen molar-refractivity contribution < 1.29 is 22.8 Å². The van der Waals surface area contributed by atoms with Crippen molar-refractivity contribution in [2.24, 2.45) is 0 Å². The number of benzene rings is 2. The van der Waals surface area contributed by atoms with Crippen molar-refractivity contribution in [2.45, 2.75) is 68.4 Å². The molecule has 13 heteroatoms. The number of fused-ring (bicyclic) bond motifs is 3. The molecule has 12 nitrogen and oxygen atoms in total. The molecule has 4 N–H and O–H groups in total. The number of likely N-dealkylation sites (tertiary alicyclic amines) is 1. The first-order valence-corrected chi connectivity index (χ1v) is 19.7. The minimum Gasteiger partial charge on any atom is -0.361 e. The molecule has 2 saturated heterocycles. The summed E-state index contributed by atoms with van der Waals surface area (Å²) in [6, 6.07) is 15.2. The number of hydrogen-bond donors (Lipinski definition) is 4. The molecule has 270 valence electrons. The molecule has 3 aliphatic rings. The van der Waals surface area contributed by atoms with Gasteiger partial charge in [0.2, 0.25) is 21.8 Å². The topological polar surface area (TPSA) is 147 Å². The van der Waals surface area contributed by atoms with Crippen molar-refractivity contribution in [1.82, 2.24) is 35.0 Å². The van der Waals surface area contributed by atoms with E-state index in [1.54, 1.807) is 16.8 Å². The maximum absolute atomic E-state index is 14.5. The predicted octanol–water partition coefficient (Wildman–Crippen LogP) is 3.09. The third-order valence-corrected chi connectivity index (χ3v) is 12.0. The lowest BCUT2D eigenvalue weighted by molar-refractivity contribution is -0.136. The van der Waals surface area contributed by atoms with Crippen LogP contribution in [0, 0.1) is 0 Å². The fourth-order valence-electron chi connectivity index (χ4n) is 8.33. The van der Waals surface area contributed by atoms with Crippen molar-refractivity contribution >= 4 is 38.8 Å². The zero-order valence-corrected chi connectivity index (χ0v) is 30.4. The van der Waals surface area contributed by atoms with E-state index in [1.165, 1.54) is 0 Å². The third-order valence-electron chi connectivity index (χ3n) is 11.3. The molecule has 3 aromatic rings. The van der Waals surface area contributed by atoms with Crippen LogP contribution in [0.15, 0.2) is 54.7 Å². The van der Waals surface area contributed by atoms with Gasteiger partial charge in [-0.15, -0.1) is 0 Å². The fourth-order valence-corrected chi connectivity index (χ4v) is 8.79. The number of sulfonamides is 1. The van der Waals surface area contributed by atoms with Crippen LogP contribution in [0.25, 0.3) is 10.9 Å². The van der Waals surface area contributed by atoms with E-state index >= 15 is 0 Å².